The van der Waals surface area contributed by atoms with Gasteiger partial charge in [-0.25, -0.2) is 0 Å². The maximum absolute atomic E-state index is 12.0. The van der Waals surface area contributed by atoms with Gasteiger partial charge in [-0.1, -0.05) is 30.3 Å². The number of anilines is 2. The van der Waals surface area contributed by atoms with Crippen molar-refractivity contribution in [2.24, 2.45) is 0 Å². The molecular formula is C22H19N3O2S. The van der Waals surface area contributed by atoms with Crippen LogP contribution in [0.2, 0.25) is 0 Å². The zero-order valence-corrected chi connectivity index (χ0v) is 15.9. The Labute approximate surface area is 167 Å². The van der Waals surface area contributed by atoms with Crippen molar-refractivity contribution in [2.45, 2.75) is 4.90 Å². The lowest BCUT2D eigenvalue weighted by Gasteiger charge is -2.06. The molecule has 0 spiro atoms. The molecule has 5 nitrogen and oxygen atoms in total. The van der Waals surface area contributed by atoms with Gasteiger partial charge in [0.2, 0.25) is 11.8 Å². The molecule has 6 heteroatoms. The van der Waals surface area contributed by atoms with Crippen LogP contribution in [0.15, 0.2) is 90.1 Å². The highest BCUT2D eigenvalue weighted by molar-refractivity contribution is 8.00. The fourth-order valence-electron chi connectivity index (χ4n) is 2.34. The van der Waals surface area contributed by atoms with Gasteiger partial charge in [0, 0.05) is 34.7 Å². The number of carbonyl (C=O) groups is 2. The molecule has 0 aliphatic rings. The van der Waals surface area contributed by atoms with Crippen LogP contribution in [0, 0.1) is 0 Å². The van der Waals surface area contributed by atoms with Crippen molar-refractivity contribution in [2.75, 3.05) is 16.4 Å². The lowest BCUT2D eigenvalue weighted by molar-refractivity contribution is -0.114. The van der Waals surface area contributed by atoms with Gasteiger partial charge >= 0.3 is 0 Å². The summed E-state index contributed by atoms with van der Waals surface area (Å²) >= 11 is 1.43. The molecule has 28 heavy (non-hydrogen) atoms. The van der Waals surface area contributed by atoms with E-state index in [0.29, 0.717) is 11.4 Å². The number of rotatable bonds is 7. The van der Waals surface area contributed by atoms with Crippen LogP contribution >= 0.6 is 11.8 Å². The quantitative estimate of drug-likeness (QED) is 0.462. The molecule has 0 unspecified atom stereocenters. The zero-order valence-electron chi connectivity index (χ0n) is 15.0. The van der Waals surface area contributed by atoms with Crippen LogP contribution in [0.25, 0.3) is 6.08 Å². The predicted molar refractivity (Wildman–Crippen MR) is 114 cm³/mol. The largest absolute Gasteiger partial charge is 0.325 e. The number of thioether (sulfide) groups is 1. The molecule has 0 aliphatic heterocycles. The number of pyridine rings is 1. The molecule has 2 N–H and O–H groups in total. The van der Waals surface area contributed by atoms with Crippen molar-refractivity contribution in [1.29, 1.82) is 0 Å². The monoisotopic (exact) mass is 389 g/mol. The molecule has 0 aliphatic carbocycles. The Bertz CT molecular complexity index is 943. The third kappa shape index (κ3) is 6.41. The SMILES string of the molecule is O=C(/C=C/c1ccccc1)Nc1ccc(SCC(=O)Nc2ccncc2)cc1. The first-order chi connectivity index (χ1) is 13.7. The van der Waals surface area contributed by atoms with E-state index in [4.69, 9.17) is 0 Å². The minimum absolute atomic E-state index is 0.0837. The van der Waals surface area contributed by atoms with Gasteiger partial charge in [-0.3, -0.25) is 14.6 Å². The van der Waals surface area contributed by atoms with E-state index in [1.54, 1.807) is 30.6 Å². The molecule has 1 aromatic heterocycles. The third-order valence-corrected chi connectivity index (χ3v) is 4.69. The molecule has 1 heterocycles. The molecule has 2 aromatic carbocycles. The van der Waals surface area contributed by atoms with E-state index < -0.39 is 0 Å². The number of nitrogens with one attached hydrogen (secondary N) is 2. The average Bonchev–Trinajstić information content (AvgIpc) is 2.73. The molecule has 0 saturated carbocycles. The summed E-state index contributed by atoms with van der Waals surface area (Å²) < 4.78 is 0. The van der Waals surface area contributed by atoms with E-state index in [-0.39, 0.29) is 11.8 Å². The smallest absolute Gasteiger partial charge is 0.248 e. The molecule has 0 radical (unpaired) electrons. The molecule has 2 amide bonds. The van der Waals surface area contributed by atoms with E-state index in [9.17, 15) is 9.59 Å². The van der Waals surface area contributed by atoms with Crippen LogP contribution < -0.4 is 10.6 Å². The number of hydrogen-bond acceptors (Lipinski definition) is 4. The Hall–Kier alpha value is -3.38. The Kier molecular flexibility index (Phi) is 6.98. The fraction of sp³-hybridized carbons (Fsp3) is 0.0455. The predicted octanol–water partition coefficient (Wildman–Crippen LogP) is 4.46. The number of amides is 2. The van der Waals surface area contributed by atoms with Gasteiger partial charge < -0.3 is 10.6 Å². The van der Waals surface area contributed by atoms with E-state index in [1.165, 1.54) is 17.8 Å². The van der Waals surface area contributed by atoms with Crippen LogP contribution in [-0.4, -0.2) is 22.6 Å². The van der Waals surface area contributed by atoms with Crippen LogP contribution in [0.3, 0.4) is 0 Å². The number of hydrogen-bond donors (Lipinski definition) is 2. The minimum Gasteiger partial charge on any atom is -0.325 e. The van der Waals surface area contributed by atoms with Crippen molar-refractivity contribution in [3.63, 3.8) is 0 Å². The first-order valence-corrected chi connectivity index (χ1v) is 9.64. The maximum Gasteiger partial charge on any atom is 0.248 e. The number of carbonyl (C=O) groups excluding carboxylic acids is 2. The topological polar surface area (TPSA) is 71.1 Å². The van der Waals surface area contributed by atoms with Gasteiger partial charge in [-0.05, 0) is 48.0 Å². The van der Waals surface area contributed by atoms with Gasteiger partial charge in [-0.15, -0.1) is 11.8 Å². The highest BCUT2D eigenvalue weighted by atomic mass is 32.2. The Morgan fingerprint density at radius 3 is 2.25 bits per heavy atom. The summed E-state index contributed by atoms with van der Waals surface area (Å²) in [4.78, 5) is 28.8. The van der Waals surface area contributed by atoms with E-state index in [1.807, 2.05) is 54.6 Å². The lowest BCUT2D eigenvalue weighted by Crippen LogP contribution is -2.13. The summed E-state index contributed by atoms with van der Waals surface area (Å²) in [5.41, 5.74) is 2.39. The molecule has 0 fully saturated rings. The molecule has 140 valence electrons. The summed E-state index contributed by atoms with van der Waals surface area (Å²) in [6.07, 6.45) is 6.53. The second-order valence-corrected chi connectivity index (χ2v) is 6.88. The van der Waals surface area contributed by atoms with Gasteiger partial charge in [0.1, 0.15) is 0 Å². The highest BCUT2D eigenvalue weighted by Gasteiger charge is 2.04. The van der Waals surface area contributed by atoms with Crippen molar-refractivity contribution >= 4 is 41.0 Å². The fourth-order valence-corrected chi connectivity index (χ4v) is 3.03. The molecule has 3 aromatic rings. The zero-order chi connectivity index (χ0) is 19.6. The van der Waals surface area contributed by atoms with Crippen molar-refractivity contribution < 1.29 is 9.59 Å². The highest BCUT2D eigenvalue weighted by Crippen LogP contribution is 2.20. The van der Waals surface area contributed by atoms with Gasteiger partial charge in [0.25, 0.3) is 0 Å². The lowest BCUT2D eigenvalue weighted by atomic mass is 10.2. The van der Waals surface area contributed by atoms with Crippen molar-refractivity contribution in [3.8, 4) is 0 Å². The van der Waals surface area contributed by atoms with Crippen LogP contribution in [0.5, 0.6) is 0 Å². The van der Waals surface area contributed by atoms with Crippen LogP contribution in [0.4, 0.5) is 11.4 Å². The Balaban J connectivity index is 1.46. The number of nitrogens with zero attached hydrogens (tertiary/aromatic N) is 1. The maximum atomic E-state index is 12.0. The molecule has 3 rings (SSSR count). The summed E-state index contributed by atoms with van der Waals surface area (Å²) in [6.45, 7) is 0. The van der Waals surface area contributed by atoms with E-state index in [0.717, 1.165) is 16.1 Å². The van der Waals surface area contributed by atoms with Gasteiger partial charge in [0.15, 0.2) is 0 Å². The Morgan fingerprint density at radius 2 is 1.54 bits per heavy atom. The summed E-state index contributed by atoms with van der Waals surface area (Å²) in [5, 5.41) is 5.63. The minimum atomic E-state index is -0.194. The third-order valence-electron chi connectivity index (χ3n) is 3.68. The summed E-state index contributed by atoms with van der Waals surface area (Å²) in [6, 6.07) is 20.5. The van der Waals surface area contributed by atoms with Crippen molar-refractivity contribution in [3.05, 3.63) is 90.8 Å². The second kappa shape index (κ2) is 10.1. The van der Waals surface area contributed by atoms with Crippen molar-refractivity contribution in [1.82, 2.24) is 4.98 Å². The number of benzene rings is 2. The normalized spacial score (nSPS) is 10.6. The summed E-state index contributed by atoms with van der Waals surface area (Å²) in [7, 11) is 0. The average molecular weight is 389 g/mol. The van der Waals surface area contributed by atoms with Crippen LogP contribution in [-0.2, 0) is 9.59 Å². The Morgan fingerprint density at radius 1 is 0.857 bits per heavy atom. The van der Waals surface area contributed by atoms with E-state index in [2.05, 4.69) is 15.6 Å². The number of aromatic nitrogens is 1. The molecular weight excluding hydrogens is 370 g/mol. The first kappa shape index (κ1) is 19.4. The molecule has 0 bridgehead atoms. The second-order valence-electron chi connectivity index (χ2n) is 5.83. The van der Waals surface area contributed by atoms with E-state index >= 15 is 0 Å². The van der Waals surface area contributed by atoms with Crippen LogP contribution in [0.1, 0.15) is 5.56 Å². The standard InChI is InChI=1S/C22H19N3O2S/c26-21(11-6-17-4-2-1-3-5-17)24-18-7-9-20(10-8-18)28-16-22(27)25-19-12-14-23-15-13-19/h1-15H,16H2,(H,24,26)(H,23,25,27)/b11-6+. The molecule has 0 atom stereocenters. The molecule has 0 saturated heterocycles. The first-order valence-electron chi connectivity index (χ1n) is 8.66. The summed E-state index contributed by atoms with van der Waals surface area (Å²) in [5.74, 6) is 0.0222. The van der Waals surface area contributed by atoms with Gasteiger partial charge in [-0.2, -0.15) is 0 Å². The van der Waals surface area contributed by atoms with Gasteiger partial charge in [0.05, 0.1) is 5.75 Å².